The van der Waals surface area contributed by atoms with Gasteiger partial charge in [0.25, 0.3) is 0 Å². The number of ether oxygens (including phenoxy) is 2. The minimum absolute atomic E-state index is 0.0200. The summed E-state index contributed by atoms with van der Waals surface area (Å²) in [6.07, 6.45) is 0. The van der Waals surface area contributed by atoms with Crippen LogP contribution in [0.15, 0.2) is 71.7 Å². The highest BCUT2D eigenvalue weighted by Crippen LogP contribution is 2.36. The Morgan fingerprint density at radius 3 is 2.11 bits per heavy atom. The van der Waals surface area contributed by atoms with Crippen LogP contribution in [0.2, 0.25) is 0 Å². The third-order valence-corrected chi connectivity index (χ3v) is 6.05. The highest BCUT2D eigenvalue weighted by atomic mass is 16.5. The van der Waals surface area contributed by atoms with E-state index in [1.165, 1.54) is 11.1 Å². The lowest BCUT2D eigenvalue weighted by Gasteiger charge is -2.20. The Bertz CT molecular complexity index is 1400. The van der Waals surface area contributed by atoms with Gasteiger partial charge in [-0.1, -0.05) is 63.2 Å². The molecule has 0 amide bonds. The maximum atomic E-state index is 5.62. The van der Waals surface area contributed by atoms with Crippen molar-refractivity contribution in [3.8, 4) is 33.9 Å². The molecule has 0 bridgehead atoms. The van der Waals surface area contributed by atoms with Crippen molar-refractivity contribution in [1.29, 1.82) is 0 Å². The fraction of sp³-hybridized carbons (Fsp3) is 0.241. The molecule has 6 heteroatoms. The van der Waals surface area contributed by atoms with E-state index in [2.05, 4.69) is 80.4 Å². The number of rotatable bonds is 6. The highest BCUT2D eigenvalue weighted by molar-refractivity contribution is 5.91. The van der Waals surface area contributed by atoms with E-state index >= 15 is 0 Å². The Morgan fingerprint density at radius 2 is 1.46 bits per heavy atom. The second-order valence-electron chi connectivity index (χ2n) is 9.54. The van der Waals surface area contributed by atoms with Gasteiger partial charge >= 0.3 is 0 Å². The van der Waals surface area contributed by atoms with Gasteiger partial charge in [0.15, 0.2) is 17.5 Å². The normalized spacial score (nSPS) is 11.3. The first kappa shape index (κ1) is 24.1. The fourth-order valence-corrected chi connectivity index (χ4v) is 4.11. The van der Waals surface area contributed by atoms with Crippen molar-refractivity contribution < 1.29 is 9.47 Å². The molecule has 0 saturated carbocycles. The lowest BCUT2D eigenvalue weighted by Crippen LogP contribution is -2.22. The van der Waals surface area contributed by atoms with E-state index in [4.69, 9.17) is 25.9 Å². The van der Waals surface area contributed by atoms with Crippen molar-refractivity contribution in [3.63, 3.8) is 0 Å². The van der Waals surface area contributed by atoms with E-state index in [-0.39, 0.29) is 17.9 Å². The molecule has 180 valence electrons. The zero-order chi connectivity index (χ0) is 25.2. The van der Waals surface area contributed by atoms with Crippen LogP contribution in [0.1, 0.15) is 32.0 Å². The minimum atomic E-state index is 0.0200. The molecule has 0 spiro atoms. The monoisotopic (exact) mass is 468 g/mol. The number of fused-ring (bicyclic) bond motifs is 1. The number of nitrogens with two attached hydrogens (primary N) is 2. The van der Waals surface area contributed by atoms with Crippen molar-refractivity contribution in [2.24, 2.45) is 16.5 Å². The van der Waals surface area contributed by atoms with Gasteiger partial charge in [0.05, 0.1) is 32.2 Å². The number of methoxy groups -OCH3 is 2. The summed E-state index contributed by atoms with van der Waals surface area (Å²) in [7, 11) is 3.24. The molecule has 0 fully saturated rings. The summed E-state index contributed by atoms with van der Waals surface area (Å²) in [6.45, 7) is 6.93. The van der Waals surface area contributed by atoms with E-state index in [1.807, 2.05) is 12.1 Å². The number of guanidine groups is 1. The highest BCUT2D eigenvalue weighted by Gasteiger charge is 2.15. The quantitative estimate of drug-likeness (QED) is 0.281. The first-order valence-electron chi connectivity index (χ1n) is 11.5. The molecule has 1 aromatic heterocycles. The van der Waals surface area contributed by atoms with Gasteiger partial charge in [0.1, 0.15) is 0 Å². The molecule has 4 aromatic rings. The van der Waals surface area contributed by atoms with Gasteiger partial charge in [0, 0.05) is 10.9 Å². The van der Waals surface area contributed by atoms with Crippen LogP contribution in [0.4, 0.5) is 0 Å². The van der Waals surface area contributed by atoms with Crippen LogP contribution in [-0.2, 0) is 12.0 Å². The van der Waals surface area contributed by atoms with E-state index in [0.717, 1.165) is 33.3 Å². The number of pyridine rings is 1. The van der Waals surface area contributed by atoms with Crippen LogP contribution in [-0.4, -0.2) is 25.2 Å². The molecular weight excluding hydrogens is 436 g/mol. The zero-order valence-corrected chi connectivity index (χ0v) is 20.9. The molecule has 1 heterocycles. The van der Waals surface area contributed by atoms with Gasteiger partial charge in [-0.15, -0.1) is 0 Å². The van der Waals surface area contributed by atoms with Gasteiger partial charge in [-0.05, 0) is 51.8 Å². The van der Waals surface area contributed by atoms with Gasteiger partial charge < -0.3 is 20.9 Å². The second-order valence-corrected chi connectivity index (χ2v) is 9.54. The predicted molar refractivity (Wildman–Crippen MR) is 144 cm³/mol. The first-order chi connectivity index (χ1) is 16.7. The molecule has 0 aliphatic heterocycles. The molecule has 35 heavy (non-hydrogen) atoms. The van der Waals surface area contributed by atoms with Crippen molar-refractivity contribution in [2.45, 2.75) is 32.7 Å². The van der Waals surface area contributed by atoms with Crippen LogP contribution in [0, 0.1) is 0 Å². The Morgan fingerprint density at radius 1 is 0.829 bits per heavy atom. The summed E-state index contributed by atoms with van der Waals surface area (Å²) in [5.41, 5.74) is 17.5. The van der Waals surface area contributed by atoms with Crippen molar-refractivity contribution in [3.05, 3.63) is 78.0 Å². The van der Waals surface area contributed by atoms with E-state index in [1.54, 1.807) is 14.2 Å². The van der Waals surface area contributed by atoms with Crippen LogP contribution >= 0.6 is 0 Å². The minimum Gasteiger partial charge on any atom is -0.493 e. The summed E-state index contributed by atoms with van der Waals surface area (Å²) < 4.78 is 11.0. The van der Waals surface area contributed by atoms with Crippen molar-refractivity contribution in [2.75, 3.05) is 14.2 Å². The standard InChI is InChI=1S/C29H32N4O2/c1-29(2,3)22-11-7-9-19(13-22)18-8-6-10-20(12-18)24-14-21-15-26(34-4)27(35-5)16-23(21)25(33-24)17-32-28(30)31/h6-16H,17H2,1-5H3,(H4,30,31,32). The maximum Gasteiger partial charge on any atom is 0.186 e. The molecule has 6 nitrogen and oxygen atoms in total. The Balaban J connectivity index is 1.86. The molecule has 3 aromatic carbocycles. The molecule has 0 atom stereocenters. The topological polar surface area (TPSA) is 95.8 Å². The zero-order valence-electron chi connectivity index (χ0n) is 20.9. The van der Waals surface area contributed by atoms with Crippen molar-refractivity contribution >= 4 is 16.7 Å². The maximum absolute atomic E-state index is 5.62. The van der Waals surface area contributed by atoms with Crippen LogP contribution in [0.5, 0.6) is 11.5 Å². The van der Waals surface area contributed by atoms with Crippen LogP contribution in [0.3, 0.4) is 0 Å². The van der Waals surface area contributed by atoms with Crippen molar-refractivity contribution in [1.82, 2.24) is 4.98 Å². The molecule has 0 aliphatic rings. The van der Waals surface area contributed by atoms with E-state index in [0.29, 0.717) is 11.5 Å². The molecule has 0 aliphatic carbocycles. The molecule has 0 saturated heterocycles. The molecule has 0 unspecified atom stereocenters. The second kappa shape index (κ2) is 9.66. The van der Waals surface area contributed by atoms with Gasteiger partial charge in [-0.25, -0.2) is 4.99 Å². The van der Waals surface area contributed by atoms with E-state index < -0.39 is 0 Å². The van der Waals surface area contributed by atoms with Crippen LogP contribution in [0.25, 0.3) is 33.2 Å². The van der Waals surface area contributed by atoms with Gasteiger partial charge in [-0.3, -0.25) is 4.98 Å². The Hall–Kier alpha value is -4.06. The van der Waals surface area contributed by atoms with Gasteiger partial charge in [0.2, 0.25) is 0 Å². The summed E-state index contributed by atoms with van der Waals surface area (Å²) in [4.78, 5) is 9.16. The van der Waals surface area contributed by atoms with Crippen LogP contribution < -0.4 is 20.9 Å². The third-order valence-electron chi connectivity index (χ3n) is 6.05. The van der Waals surface area contributed by atoms with Gasteiger partial charge in [-0.2, -0.15) is 0 Å². The lowest BCUT2D eigenvalue weighted by molar-refractivity contribution is 0.356. The SMILES string of the molecule is COc1cc2cc(-c3cccc(-c4cccc(C(C)(C)C)c4)c3)nc(CN=C(N)N)c2cc1OC. The largest absolute Gasteiger partial charge is 0.493 e. The predicted octanol–water partition coefficient (Wildman–Crippen LogP) is 5.66. The summed E-state index contributed by atoms with van der Waals surface area (Å²) in [5, 5.41) is 1.87. The summed E-state index contributed by atoms with van der Waals surface area (Å²) in [5.74, 6) is 1.30. The lowest BCUT2D eigenvalue weighted by atomic mass is 9.85. The number of hydrogen-bond donors (Lipinski definition) is 2. The fourth-order valence-electron chi connectivity index (χ4n) is 4.11. The summed E-state index contributed by atoms with van der Waals surface area (Å²) in [6, 6.07) is 23.0. The Kier molecular flexibility index (Phi) is 6.65. The number of aromatic nitrogens is 1. The average Bonchev–Trinajstić information content (AvgIpc) is 2.85. The first-order valence-corrected chi connectivity index (χ1v) is 11.5. The smallest absolute Gasteiger partial charge is 0.186 e. The van der Waals surface area contributed by atoms with E-state index in [9.17, 15) is 0 Å². The third kappa shape index (κ3) is 5.22. The average molecular weight is 469 g/mol. The Labute approximate surface area is 206 Å². The number of nitrogens with zero attached hydrogens (tertiary/aromatic N) is 2. The molecular formula is C29H32N4O2. The number of benzene rings is 3. The molecule has 0 radical (unpaired) electrons. The number of hydrogen-bond acceptors (Lipinski definition) is 4. The summed E-state index contributed by atoms with van der Waals surface area (Å²) >= 11 is 0. The molecule has 4 rings (SSSR count). The molecule has 4 N–H and O–H groups in total. The number of aliphatic imine (C=N–C) groups is 1.